The lowest BCUT2D eigenvalue weighted by molar-refractivity contribution is 0.101. The van der Waals surface area contributed by atoms with E-state index in [0.717, 1.165) is 0 Å². The molecule has 2 rings (SSSR count). The molecule has 1 heterocycles. The van der Waals surface area contributed by atoms with Gasteiger partial charge in [-0.3, -0.25) is 4.79 Å². The smallest absolute Gasteiger partial charge is 0.179 e. The van der Waals surface area contributed by atoms with Crippen molar-refractivity contribution in [2.45, 2.75) is 6.92 Å². The number of Topliss-reactive ketones (excluding diaryl/α,β-unsaturated/α-hetero) is 1. The third kappa shape index (κ3) is 1.71. The highest BCUT2D eigenvalue weighted by Crippen LogP contribution is 2.15. The van der Waals surface area contributed by atoms with Crippen LogP contribution in [0, 0.1) is 0 Å². The highest BCUT2D eigenvalue weighted by molar-refractivity contribution is 5.92. The normalized spacial score (nSPS) is 10.2. The molecule has 5 nitrogen and oxygen atoms in total. The zero-order valence-corrected chi connectivity index (χ0v) is 8.08. The van der Waals surface area contributed by atoms with Gasteiger partial charge in [0.1, 0.15) is 11.4 Å². The van der Waals surface area contributed by atoms with E-state index in [1.165, 1.54) is 23.9 Å². The summed E-state index contributed by atoms with van der Waals surface area (Å²) in [5.74, 6) is 0.000782. The fourth-order valence-corrected chi connectivity index (χ4v) is 1.29. The first-order chi connectivity index (χ1) is 7.18. The minimum atomic E-state index is -0.122. The summed E-state index contributed by atoms with van der Waals surface area (Å²) < 4.78 is 1.39. The zero-order valence-electron chi connectivity index (χ0n) is 8.08. The zero-order chi connectivity index (χ0) is 10.8. The molecule has 0 saturated carbocycles. The summed E-state index contributed by atoms with van der Waals surface area (Å²) in [6.07, 6.45) is 1.40. The number of benzene rings is 1. The first-order valence-electron chi connectivity index (χ1n) is 4.39. The molecule has 1 aromatic heterocycles. The topological polar surface area (TPSA) is 68.0 Å². The van der Waals surface area contributed by atoms with Gasteiger partial charge in [-0.2, -0.15) is 0 Å². The van der Waals surface area contributed by atoms with Gasteiger partial charge in [0.25, 0.3) is 0 Å². The lowest BCUT2D eigenvalue weighted by Gasteiger charge is -2.03. The van der Waals surface area contributed by atoms with Crippen LogP contribution in [0.2, 0.25) is 0 Å². The number of carbonyl (C=O) groups excluding carboxylic acids is 1. The van der Waals surface area contributed by atoms with Gasteiger partial charge in [-0.1, -0.05) is 11.3 Å². The minimum absolute atomic E-state index is 0.122. The monoisotopic (exact) mass is 203 g/mol. The number of ketones is 1. The standard InChI is InChI=1S/C10H9N3O2/c1-7(14)10-6-11-12-13(10)8-3-2-4-9(15)5-8/h2-6,15H,1H3. The van der Waals surface area contributed by atoms with Crippen LogP contribution in [0.1, 0.15) is 17.4 Å². The van der Waals surface area contributed by atoms with Gasteiger partial charge >= 0.3 is 0 Å². The minimum Gasteiger partial charge on any atom is -0.508 e. The van der Waals surface area contributed by atoms with Crippen LogP contribution in [0.25, 0.3) is 5.69 Å². The number of carbonyl (C=O) groups is 1. The lowest BCUT2D eigenvalue weighted by atomic mass is 10.2. The van der Waals surface area contributed by atoms with Gasteiger partial charge in [0.05, 0.1) is 11.9 Å². The van der Waals surface area contributed by atoms with Crippen LogP contribution in [-0.4, -0.2) is 25.9 Å². The number of aromatic hydroxyl groups is 1. The van der Waals surface area contributed by atoms with E-state index < -0.39 is 0 Å². The predicted octanol–water partition coefficient (Wildman–Crippen LogP) is 1.18. The molecule has 5 heteroatoms. The second kappa shape index (κ2) is 3.53. The van der Waals surface area contributed by atoms with Crippen LogP contribution in [0.5, 0.6) is 5.75 Å². The molecule has 1 N–H and O–H groups in total. The van der Waals surface area contributed by atoms with Crippen molar-refractivity contribution in [2.75, 3.05) is 0 Å². The molecule has 0 aliphatic carbocycles. The van der Waals surface area contributed by atoms with E-state index in [-0.39, 0.29) is 11.5 Å². The van der Waals surface area contributed by atoms with E-state index in [2.05, 4.69) is 10.3 Å². The molecule has 0 saturated heterocycles. The third-order valence-corrected chi connectivity index (χ3v) is 1.98. The summed E-state index contributed by atoms with van der Waals surface area (Å²) in [6, 6.07) is 6.48. The Labute approximate surface area is 86.0 Å². The molecular weight excluding hydrogens is 194 g/mol. The molecule has 0 bridgehead atoms. The molecule has 15 heavy (non-hydrogen) atoms. The first kappa shape index (κ1) is 9.39. The summed E-state index contributed by atoms with van der Waals surface area (Å²) in [4.78, 5) is 11.2. The van der Waals surface area contributed by atoms with E-state index in [1.807, 2.05) is 0 Å². The number of hydrogen-bond acceptors (Lipinski definition) is 4. The van der Waals surface area contributed by atoms with E-state index in [4.69, 9.17) is 0 Å². The maximum atomic E-state index is 11.2. The van der Waals surface area contributed by atoms with Crippen LogP contribution in [0.15, 0.2) is 30.5 Å². The van der Waals surface area contributed by atoms with Crippen molar-refractivity contribution in [1.29, 1.82) is 0 Å². The molecule has 0 amide bonds. The second-order valence-electron chi connectivity index (χ2n) is 3.11. The van der Waals surface area contributed by atoms with Crippen LogP contribution in [-0.2, 0) is 0 Å². The molecule has 0 aliphatic heterocycles. The highest BCUT2D eigenvalue weighted by atomic mass is 16.3. The molecule has 0 aliphatic rings. The Morgan fingerprint density at radius 2 is 2.27 bits per heavy atom. The predicted molar refractivity (Wildman–Crippen MR) is 53.0 cm³/mol. The van der Waals surface area contributed by atoms with E-state index in [1.54, 1.807) is 18.2 Å². The third-order valence-electron chi connectivity index (χ3n) is 1.98. The average Bonchev–Trinajstić information content (AvgIpc) is 2.65. The van der Waals surface area contributed by atoms with E-state index >= 15 is 0 Å². The van der Waals surface area contributed by atoms with Gasteiger partial charge < -0.3 is 5.11 Å². The lowest BCUT2D eigenvalue weighted by Crippen LogP contribution is -2.05. The first-order valence-corrected chi connectivity index (χ1v) is 4.39. The fraction of sp³-hybridized carbons (Fsp3) is 0.100. The van der Waals surface area contributed by atoms with Crippen LogP contribution in [0.4, 0.5) is 0 Å². The van der Waals surface area contributed by atoms with Crippen molar-refractivity contribution in [1.82, 2.24) is 15.0 Å². The Morgan fingerprint density at radius 1 is 1.47 bits per heavy atom. The molecule has 0 fully saturated rings. The van der Waals surface area contributed by atoms with Gasteiger partial charge in [0, 0.05) is 13.0 Å². The molecule has 0 unspecified atom stereocenters. The number of aromatic nitrogens is 3. The van der Waals surface area contributed by atoms with Crippen LogP contribution >= 0.6 is 0 Å². The van der Waals surface area contributed by atoms with Crippen LogP contribution in [0.3, 0.4) is 0 Å². The Kier molecular flexibility index (Phi) is 2.21. The van der Waals surface area contributed by atoms with Crippen molar-refractivity contribution < 1.29 is 9.90 Å². The molecule has 0 atom stereocenters. The Balaban J connectivity index is 2.54. The van der Waals surface area contributed by atoms with Gasteiger partial charge in [-0.25, -0.2) is 4.68 Å². The number of phenols is 1. The molecule has 1 aromatic carbocycles. The summed E-state index contributed by atoms with van der Waals surface area (Å²) in [5, 5.41) is 16.7. The van der Waals surface area contributed by atoms with Gasteiger partial charge in [0.15, 0.2) is 5.78 Å². The summed E-state index contributed by atoms with van der Waals surface area (Å²) in [7, 11) is 0. The number of hydrogen-bond donors (Lipinski definition) is 1. The molecule has 0 radical (unpaired) electrons. The maximum absolute atomic E-state index is 11.2. The SMILES string of the molecule is CC(=O)c1cnnn1-c1cccc(O)c1. The molecule has 0 spiro atoms. The Morgan fingerprint density at radius 3 is 2.93 bits per heavy atom. The number of rotatable bonds is 2. The number of nitrogens with zero attached hydrogens (tertiary/aromatic N) is 3. The van der Waals surface area contributed by atoms with Crippen molar-refractivity contribution in [3.63, 3.8) is 0 Å². The molecule has 2 aromatic rings. The van der Waals surface area contributed by atoms with Crippen molar-refractivity contribution in [2.24, 2.45) is 0 Å². The van der Waals surface area contributed by atoms with E-state index in [9.17, 15) is 9.90 Å². The van der Waals surface area contributed by atoms with Crippen molar-refractivity contribution in [3.05, 3.63) is 36.2 Å². The Bertz CT molecular complexity index is 505. The fourth-order valence-electron chi connectivity index (χ4n) is 1.29. The van der Waals surface area contributed by atoms with E-state index in [0.29, 0.717) is 11.4 Å². The summed E-state index contributed by atoms with van der Waals surface area (Å²) >= 11 is 0. The largest absolute Gasteiger partial charge is 0.508 e. The van der Waals surface area contributed by atoms with Gasteiger partial charge in [-0.15, -0.1) is 5.10 Å². The second-order valence-corrected chi connectivity index (χ2v) is 3.11. The van der Waals surface area contributed by atoms with Crippen molar-refractivity contribution >= 4 is 5.78 Å². The molecular formula is C10H9N3O2. The van der Waals surface area contributed by atoms with Crippen LogP contribution < -0.4 is 0 Å². The van der Waals surface area contributed by atoms with Crippen molar-refractivity contribution in [3.8, 4) is 11.4 Å². The molecule has 76 valence electrons. The quantitative estimate of drug-likeness (QED) is 0.744. The van der Waals surface area contributed by atoms with Gasteiger partial charge in [0.2, 0.25) is 0 Å². The highest BCUT2D eigenvalue weighted by Gasteiger charge is 2.10. The number of phenolic OH excluding ortho intramolecular Hbond substituents is 1. The average molecular weight is 203 g/mol. The van der Waals surface area contributed by atoms with Gasteiger partial charge in [-0.05, 0) is 12.1 Å². The summed E-state index contributed by atoms with van der Waals surface area (Å²) in [6.45, 7) is 1.44. The summed E-state index contributed by atoms with van der Waals surface area (Å²) in [5.41, 5.74) is 0.998. The maximum Gasteiger partial charge on any atom is 0.179 e. The Hall–Kier alpha value is -2.17.